The first-order valence-corrected chi connectivity index (χ1v) is 8.44. The third-order valence-electron chi connectivity index (χ3n) is 3.87. The molecule has 1 heterocycles. The van der Waals surface area contributed by atoms with Crippen LogP contribution in [0.15, 0.2) is 30.3 Å². The van der Waals surface area contributed by atoms with E-state index in [0.29, 0.717) is 0 Å². The van der Waals surface area contributed by atoms with Gasteiger partial charge in [0.1, 0.15) is 6.10 Å². The van der Waals surface area contributed by atoms with Gasteiger partial charge in [-0.3, -0.25) is 0 Å². The Bertz CT molecular complexity index is 667. The number of rotatable bonds is 6. The van der Waals surface area contributed by atoms with Gasteiger partial charge < -0.3 is 9.30 Å². The van der Waals surface area contributed by atoms with Crippen LogP contribution in [0.4, 0.5) is 0 Å². The van der Waals surface area contributed by atoms with E-state index in [9.17, 15) is 4.79 Å². The molecule has 1 aromatic carbocycles. The van der Waals surface area contributed by atoms with Crippen LogP contribution in [-0.4, -0.2) is 21.6 Å². The fourth-order valence-electron chi connectivity index (χ4n) is 2.46. The van der Waals surface area contributed by atoms with E-state index in [0.717, 1.165) is 18.4 Å². The second-order valence-electron chi connectivity index (χ2n) is 5.32. The van der Waals surface area contributed by atoms with Crippen LogP contribution >= 0.6 is 23.2 Å². The van der Waals surface area contributed by atoms with Crippen LogP contribution in [-0.2, 0) is 4.74 Å². The number of imidazole rings is 1. The van der Waals surface area contributed by atoms with E-state index in [1.54, 1.807) is 4.57 Å². The molecule has 0 fully saturated rings. The van der Waals surface area contributed by atoms with E-state index in [4.69, 9.17) is 27.9 Å². The number of aromatic nitrogens is 2. The quantitative estimate of drug-likeness (QED) is 0.674. The minimum Gasteiger partial charge on any atom is -0.458 e. The minimum atomic E-state index is -0.495. The zero-order chi connectivity index (χ0) is 17.0. The van der Waals surface area contributed by atoms with Crippen LogP contribution in [0.5, 0.6) is 0 Å². The Balaban J connectivity index is 2.39. The molecule has 0 bridgehead atoms. The number of hydrogen-bond acceptors (Lipinski definition) is 3. The van der Waals surface area contributed by atoms with Crippen LogP contribution in [0.3, 0.4) is 0 Å². The summed E-state index contributed by atoms with van der Waals surface area (Å²) in [7, 11) is 0. The third kappa shape index (κ3) is 3.88. The monoisotopic (exact) mass is 354 g/mol. The topological polar surface area (TPSA) is 44.1 Å². The highest BCUT2D eigenvalue weighted by Gasteiger charge is 2.27. The molecule has 4 nitrogen and oxygen atoms in total. The normalized spacial score (nSPS) is 12.4. The maximum Gasteiger partial charge on any atom is 0.358 e. The molecule has 6 heteroatoms. The third-order valence-corrected chi connectivity index (χ3v) is 4.40. The summed E-state index contributed by atoms with van der Waals surface area (Å²) in [4.78, 5) is 16.6. The van der Waals surface area contributed by atoms with Crippen molar-refractivity contribution >= 4 is 29.2 Å². The molecule has 0 unspecified atom stereocenters. The Morgan fingerprint density at radius 2 is 1.83 bits per heavy atom. The predicted octanol–water partition coefficient (Wildman–Crippen LogP) is 5.14. The lowest BCUT2D eigenvalue weighted by molar-refractivity contribution is 0.0271. The van der Waals surface area contributed by atoms with Crippen LogP contribution in [0.25, 0.3) is 0 Å². The molecule has 0 saturated carbocycles. The van der Waals surface area contributed by atoms with Gasteiger partial charge in [0.25, 0.3) is 0 Å². The van der Waals surface area contributed by atoms with E-state index in [1.165, 1.54) is 0 Å². The minimum absolute atomic E-state index is 0.0636. The number of ether oxygens (including phenoxy) is 1. The molecular weight excluding hydrogens is 335 g/mol. The molecule has 0 radical (unpaired) electrons. The van der Waals surface area contributed by atoms with Crippen LogP contribution in [0.2, 0.25) is 10.4 Å². The molecule has 124 valence electrons. The average Bonchev–Trinajstić information content (AvgIpc) is 2.86. The van der Waals surface area contributed by atoms with Gasteiger partial charge in [0.2, 0.25) is 5.28 Å². The van der Waals surface area contributed by atoms with Gasteiger partial charge in [0.15, 0.2) is 10.8 Å². The molecular formula is C17H20Cl2N2O2. The summed E-state index contributed by atoms with van der Waals surface area (Å²) in [6.07, 6.45) is 1.35. The molecule has 0 N–H and O–H groups in total. The zero-order valence-corrected chi connectivity index (χ0v) is 14.9. The fourth-order valence-corrected chi connectivity index (χ4v) is 3.07. The molecule has 0 aliphatic carbocycles. The second-order valence-corrected chi connectivity index (χ2v) is 6.02. The van der Waals surface area contributed by atoms with Crippen molar-refractivity contribution in [1.29, 1.82) is 0 Å². The van der Waals surface area contributed by atoms with E-state index in [-0.39, 0.29) is 28.3 Å². The number of nitrogens with zero attached hydrogens (tertiary/aromatic N) is 2. The van der Waals surface area contributed by atoms with Gasteiger partial charge in [-0.15, -0.1) is 0 Å². The number of esters is 1. The van der Waals surface area contributed by atoms with Gasteiger partial charge in [-0.1, -0.05) is 55.8 Å². The highest BCUT2D eigenvalue weighted by Crippen LogP contribution is 2.30. The number of benzene rings is 1. The Labute approximate surface area is 146 Å². The van der Waals surface area contributed by atoms with E-state index in [1.807, 2.05) is 51.1 Å². The first-order chi connectivity index (χ1) is 11.0. The van der Waals surface area contributed by atoms with Gasteiger partial charge in [-0.05, 0) is 36.9 Å². The Hall–Kier alpha value is -1.52. The van der Waals surface area contributed by atoms with Gasteiger partial charge in [-0.2, -0.15) is 0 Å². The highest BCUT2D eigenvalue weighted by atomic mass is 35.5. The van der Waals surface area contributed by atoms with Gasteiger partial charge >= 0.3 is 5.97 Å². The maximum atomic E-state index is 12.5. The number of hydrogen-bond donors (Lipinski definition) is 0. The summed E-state index contributed by atoms with van der Waals surface area (Å²) in [5.41, 5.74) is 1.19. The first kappa shape index (κ1) is 17.8. The van der Waals surface area contributed by atoms with Crippen molar-refractivity contribution in [3.05, 3.63) is 52.0 Å². The van der Waals surface area contributed by atoms with Crippen molar-refractivity contribution in [1.82, 2.24) is 9.55 Å². The molecule has 1 aromatic heterocycles. The van der Waals surface area contributed by atoms with Crippen molar-refractivity contribution in [3.63, 3.8) is 0 Å². The standard InChI is InChI=1S/C17H20Cl2N2O2/c1-4-13(5-2)23-16(22)14-15(18)20-17(19)21(14)11(3)12-9-7-6-8-10-12/h6-11,13H,4-5H2,1-3H3/t11-/m1/s1. The molecule has 0 saturated heterocycles. The summed E-state index contributed by atoms with van der Waals surface area (Å²) < 4.78 is 7.13. The van der Waals surface area contributed by atoms with Gasteiger partial charge in [-0.25, -0.2) is 9.78 Å². The zero-order valence-electron chi connectivity index (χ0n) is 13.4. The highest BCUT2D eigenvalue weighted by molar-refractivity contribution is 6.34. The SMILES string of the molecule is CCC(CC)OC(=O)c1c(Cl)nc(Cl)n1[C@H](C)c1ccccc1. The Morgan fingerprint density at radius 3 is 2.39 bits per heavy atom. The fraction of sp³-hybridized carbons (Fsp3) is 0.412. The lowest BCUT2D eigenvalue weighted by Crippen LogP contribution is -2.21. The predicted molar refractivity (Wildman–Crippen MR) is 92.3 cm³/mol. The molecule has 1 atom stereocenters. The smallest absolute Gasteiger partial charge is 0.358 e. The number of carbonyl (C=O) groups is 1. The summed E-state index contributed by atoms with van der Waals surface area (Å²) in [6, 6.07) is 9.53. The molecule has 0 amide bonds. The van der Waals surface area contributed by atoms with Crippen molar-refractivity contribution < 1.29 is 9.53 Å². The molecule has 2 aromatic rings. The van der Waals surface area contributed by atoms with Crippen LogP contribution in [0.1, 0.15) is 55.7 Å². The summed E-state index contributed by atoms with van der Waals surface area (Å²) >= 11 is 12.3. The van der Waals surface area contributed by atoms with Crippen molar-refractivity contribution in [2.45, 2.75) is 45.8 Å². The van der Waals surface area contributed by atoms with Crippen molar-refractivity contribution in [2.75, 3.05) is 0 Å². The number of carbonyl (C=O) groups excluding carboxylic acids is 1. The maximum absolute atomic E-state index is 12.5. The Kier molecular flexibility index (Phi) is 6.08. The summed E-state index contributed by atoms with van der Waals surface area (Å²) in [5, 5.41) is 0.233. The van der Waals surface area contributed by atoms with E-state index >= 15 is 0 Å². The van der Waals surface area contributed by atoms with Crippen molar-refractivity contribution in [3.8, 4) is 0 Å². The molecule has 0 aliphatic rings. The molecule has 0 aliphatic heterocycles. The summed E-state index contributed by atoms with van der Waals surface area (Å²) in [5.74, 6) is -0.495. The Morgan fingerprint density at radius 1 is 1.22 bits per heavy atom. The summed E-state index contributed by atoms with van der Waals surface area (Å²) in [6.45, 7) is 5.88. The van der Waals surface area contributed by atoms with Gasteiger partial charge in [0, 0.05) is 0 Å². The van der Waals surface area contributed by atoms with E-state index in [2.05, 4.69) is 4.98 Å². The second kappa shape index (κ2) is 7.84. The van der Waals surface area contributed by atoms with Crippen molar-refractivity contribution in [2.24, 2.45) is 0 Å². The lowest BCUT2D eigenvalue weighted by atomic mass is 10.1. The molecule has 0 spiro atoms. The van der Waals surface area contributed by atoms with E-state index < -0.39 is 5.97 Å². The molecule has 23 heavy (non-hydrogen) atoms. The largest absolute Gasteiger partial charge is 0.458 e. The average molecular weight is 355 g/mol. The first-order valence-electron chi connectivity index (χ1n) is 7.68. The van der Waals surface area contributed by atoms with Gasteiger partial charge in [0.05, 0.1) is 6.04 Å². The molecule has 2 rings (SSSR count). The number of halogens is 2. The lowest BCUT2D eigenvalue weighted by Gasteiger charge is -2.19. The van der Waals surface area contributed by atoms with Crippen LogP contribution < -0.4 is 0 Å². The van der Waals surface area contributed by atoms with Crippen LogP contribution in [0, 0.1) is 0 Å².